The average Bonchev–Trinajstić information content (AvgIpc) is 2.22. The Bertz CT molecular complexity index is 498. The van der Waals surface area contributed by atoms with Gasteiger partial charge in [0.1, 0.15) is 0 Å². The number of anilines is 1. The second-order valence-corrected chi connectivity index (χ2v) is 7.42. The van der Waals surface area contributed by atoms with Crippen molar-refractivity contribution in [1.82, 2.24) is 0 Å². The molecule has 3 nitrogen and oxygen atoms in total. The summed E-state index contributed by atoms with van der Waals surface area (Å²) in [6.07, 6.45) is 0. The Morgan fingerprint density at radius 3 is 2.11 bits per heavy atom. The molecule has 0 spiro atoms. The van der Waals surface area contributed by atoms with Gasteiger partial charge in [-0.2, -0.15) is 0 Å². The van der Waals surface area contributed by atoms with Crippen molar-refractivity contribution >= 4 is 15.5 Å². The van der Waals surface area contributed by atoms with Crippen molar-refractivity contribution in [2.45, 2.75) is 40.7 Å². The fourth-order valence-corrected chi connectivity index (χ4v) is 3.28. The molecule has 18 heavy (non-hydrogen) atoms. The van der Waals surface area contributed by atoms with Crippen LogP contribution in [0.1, 0.15) is 30.5 Å². The van der Waals surface area contributed by atoms with Crippen LogP contribution in [0.25, 0.3) is 0 Å². The number of rotatable bonds is 5. The highest BCUT2D eigenvalue weighted by Gasteiger charge is 2.15. The Kier molecular flexibility index (Phi) is 4.79. The average molecular weight is 269 g/mol. The van der Waals surface area contributed by atoms with Crippen LogP contribution in [0.15, 0.2) is 12.1 Å². The fourth-order valence-electron chi connectivity index (χ4n) is 2.19. The van der Waals surface area contributed by atoms with Crippen LogP contribution in [0.4, 0.5) is 5.69 Å². The number of hydrogen-bond acceptors (Lipinski definition) is 3. The molecule has 0 radical (unpaired) electrons. The number of benzene rings is 1. The Balaban J connectivity index is 2.86. The van der Waals surface area contributed by atoms with Crippen molar-refractivity contribution < 1.29 is 8.42 Å². The Morgan fingerprint density at radius 1 is 1.17 bits per heavy atom. The summed E-state index contributed by atoms with van der Waals surface area (Å²) >= 11 is 0. The number of hydrogen-bond donors (Lipinski definition) is 1. The normalized spacial score (nSPS) is 13.4. The number of nitrogens with one attached hydrogen (secondary N) is 1. The van der Waals surface area contributed by atoms with E-state index in [2.05, 4.69) is 24.4 Å². The zero-order valence-corrected chi connectivity index (χ0v) is 12.7. The first-order valence-corrected chi connectivity index (χ1v) is 8.12. The van der Waals surface area contributed by atoms with E-state index in [0.717, 1.165) is 16.8 Å². The van der Waals surface area contributed by atoms with Crippen LogP contribution in [0, 0.1) is 20.8 Å². The minimum absolute atomic E-state index is 0.0740. The Morgan fingerprint density at radius 2 is 1.67 bits per heavy atom. The minimum Gasteiger partial charge on any atom is -0.381 e. The first-order valence-electron chi connectivity index (χ1n) is 6.30. The maximum absolute atomic E-state index is 11.6. The predicted octanol–water partition coefficient (Wildman–Crippen LogP) is 2.85. The van der Waals surface area contributed by atoms with Gasteiger partial charge in [-0.05, 0) is 38.8 Å². The van der Waals surface area contributed by atoms with Crippen LogP contribution in [-0.2, 0) is 9.84 Å². The standard InChI is InChI=1S/C14H23NO2S/c1-6-18(16,17)9-13(5)15-14-11(3)7-10(2)8-12(14)4/h7-8,13,15H,6,9H2,1-5H3. The van der Waals surface area contributed by atoms with Crippen LogP contribution in [0.2, 0.25) is 0 Å². The van der Waals surface area contributed by atoms with E-state index in [1.165, 1.54) is 5.56 Å². The van der Waals surface area contributed by atoms with Crippen molar-refractivity contribution in [1.29, 1.82) is 0 Å². The molecule has 1 unspecified atom stereocenters. The van der Waals surface area contributed by atoms with Gasteiger partial charge in [0.25, 0.3) is 0 Å². The maximum Gasteiger partial charge on any atom is 0.152 e. The highest BCUT2D eigenvalue weighted by Crippen LogP contribution is 2.22. The summed E-state index contributed by atoms with van der Waals surface area (Å²) in [5, 5.41) is 3.32. The van der Waals surface area contributed by atoms with Crippen molar-refractivity contribution in [3.8, 4) is 0 Å². The van der Waals surface area contributed by atoms with E-state index in [-0.39, 0.29) is 17.5 Å². The third-order valence-corrected chi connectivity index (χ3v) is 4.90. The predicted molar refractivity (Wildman–Crippen MR) is 78.1 cm³/mol. The third kappa shape index (κ3) is 4.02. The van der Waals surface area contributed by atoms with Crippen molar-refractivity contribution in [3.63, 3.8) is 0 Å². The van der Waals surface area contributed by atoms with E-state index in [0.29, 0.717) is 0 Å². The summed E-state index contributed by atoms with van der Waals surface area (Å²) in [4.78, 5) is 0. The quantitative estimate of drug-likeness (QED) is 0.894. The summed E-state index contributed by atoms with van der Waals surface area (Å²) in [7, 11) is -2.94. The van der Waals surface area contributed by atoms with Gasteiger partial charge in [-0.1, -0.05) is 24.6 Å². The maximum atomic E-state index is 11.6. The first-order chi connectivity index (χ1) is 8.25. The molecule has 0 amide bonds. The van der Waals surface area contributed by atoms with Crippen molar-refractivity contribution in [2.75, 3.05) is 16.8 Å². The molecule has 0 fully saturated rings. The lowest BCUT2D eigenvalue weighted by molar-refractivity contribution is 0.593. The van der Waals surface area contributed by atoms with Gasteiger partial charge in [0.15, 0.2) is 9.84 Å². The molecule has 0 bridgehead atoms. The molecule has 1 N–H and O–H groups in total. The molecule has 0 heterocycles. The van der Waals surface area contributed by atoms with Crippen molar-refractivity contribution in [2.24, 2.45) is 0 Å². The van der Waals surface area contributed by atoms with Crippen LogP contribution in [-0.4, -0.2) is 26.0 Å². The highest BCUT2D eigenvalue weighted by molar-refractivity contribution is 7.91. The molecule has 1 atom stereocenters. The number of aryl methyl sites for hydroxylation is 3. The number of sulfone groups is 1. The van der Waals surface area contributed by atoms with Gasteiger partial charge in [0.05, 0.1) is 5.75 Å². The molecule has 0 aromatic heterocycles. The largest absolute Gasteiger partial charge is 0.381 e. The third-order valence-electron chi connectivity index (χ3n) is 3.01. The molecular weight excluding hydrogens is 246 g/mol. The second-order valence-electron chi connectivity index (χ2n) is 5.02. The summed E-state index contributed by atoms with van der Waals surface area (Å²) in [5.41, 5.74) is 4.60. The van der Waals surface area contributed by atoms with E-state index < -0.39 is 9.84 Å². The fraction of sp³-hybridized carbons (Fsp3) is 0.571. The molecule has 0 saturated carbocycles. The Labute approximate surface area is 111 Å². The van der Waals surface area contributed by atoms with Gasteiger partial charge in [0.2, 0.25) is 0 Å². The summed E-state index contributed by atoms with van der Waals surface area (Å²) in [5.74, 6) is 0.376. The molecule has 4 heteroatoms. The van der Waals surface area contributed by atoms with Gasteiger partial charge in [0, 0.05) is 17.5 Å². The molecule has 0 aliphatic heterocycles. The van der Waals surface area contributed by atoms with Gasteiger partial charge in [-0.15, -0.1) is 0 Å². The summed E-state index contributed by atoms with van der Waals surface area (Å²) in [6, 6.07) is 4.14. The molecule has 1 aromatic rings. The van der Waals surface area contributed by atoms with Crippen LogP contribution < -0.4 is 5.32 Å². The van der Waals surface area contributed by atoms with E-state index >= 15 is 0 Å². The molecule has 1 aromatic carbocycles. The molecule has 1 rings (SSSR count). The second kappa shape index (κ2) is 5.74. The lowest BCUT2D eigenvalue weighted by Gasteiger charge is -2.19. The zero-order valence-electron chi connectivity index (χ0n) is 11.9. The molecule has 0 aliphatic carbocycles. The molecule has 0 aliphatic rings. The van der Waals surface area contributed by atoms with Gasteiger partial charge >= 0.3 is 0 Å². The van der Waals surface area contributed by atoms with Crippen LogP contribution in [0.5, 0.6) is 0 Å². The zero-order chi connectivity index (χ0) is 13.9. The van der Waals surface area contributed by atoms with E-state index in [4.69, 9.17) is 0 Å². The molecular formula is C14H23NO2S. The minimum atomic E-state index is -2.94. The van der Waals surface area contributed by atoms with Gasteiger partial charge < -0.3 is 5.32 Å². The van der Waals surface area contributed by atoms with Crippen LogP contribution >= 0.6 is 0 Å². The lowest BCUT2D eigenvalue weighted by Crippen LogP contribution is -2.27. The summed E-state index contributed by atoms with van der Waals surface area (Å²) in [6.45, 7) is 9.75. The van der Waals surface area contributed by atoms with E-state index in [1.807, 2.05) is 20.8 Å². The first kappa shape index (κ1) is 15.0. The van der Waals surface area contributed by atoms with Crippen molar-refractivity contribution in [3.05, 3.63) is 28.8 Å². The Hall–Kier alpha value is -1.03. The van der Waals surface area contributed by atoms with E-state index in [9.17, 15) is 8.42 Å². The lowest BCUT2D eigenvalue weighted by atomic mass is 10.0. The highest BCUT2D eigenvalue weighted by atomic mass is 32.2. The monoisotopic (exact) mass is 269 g/mol. The topological polar surface area (TPSA) is 46.2 Å². The smallest absolute Gasteiger partial charge is 0.152 e. The molecule has 0 saturated heterocycles. The van der Waals surface area contributed by atoms with Crippen LogP contribution in [0.3, 0.4) is 0 Å². The van der Waals surface area contributed by atoms with E-state index in [1.54, 1.807) is 6.92 Å². The van der Waals surface area contributed by atoms with Gasteiger partial charge in [-0.3, -0.25) is 0 Å². The SMILES string of the molecule is CCS(=O)(=O)CC(C)Nc1c(C)cc(C)cc1C. The van der Waals surface area contributed by atoms with Gasteiger partial charge in [-0.25, -0.2) is 8.42 Å². The summed E-state index contributed by atoms with van der Waals surface area (Å²) < 4.78 is 23.2. The molecule has 102 valence electrons.